The highest BCUT2D eigenvalue weighted by Crippen LogP contribution is 2.31. The van der Waals surface area contributed by atoms with Gasteiger partial charge in [-0.05, 0) is 25.7 Å². The molecule has 0 atom stereocenters. The molecule has 0 saturated heterocycles. The van der Waals surface area contributed by atoms with Gasteiger partial charge in [0.15, 0.2) is 0 Å². The first-order valence-electron chi connectivity index (χ1n) is 6.71. The van der Waals surface area contributed by atoms with Crippen molar-refractivity contribution in [2.75, 3.05) is 6.54 Å². The van der Waals surface area contributed by atoms with Gasteiger partial charge < -0.3 is 10.0 Å². The van der Waals surface area contributed by atoms with Crippen LogP contribution in [-0.2, 0) is 9.59 Å². The fraction of sp³-hybridized carbons (Fsp3) is 0.846. The number of aliphatic carboxylic acids is 1. The van der Waals surface area contributed by atoms with E-state index in [2.05, 4.69) is 0 Å². The number of hydrogen-bond donors (Lipinski definition) is 1. The Bertz CT molecular complexity index is 291. The van der Waals surface area contributed by atoms with Gasteiger partial charge in [-0.1, -0.05) is 25.7 Å². The molecule has 0 unspecified atom stereocenters. The van der Waals surface area contributed by atoms with E-state index in [1.165, 1.54) is 12.8 Å². The summed E-state index contributed by atoms with van der Waals surface area (Å²) >= 11 is 0. The summed E-state index contributed by atoms with van der Waals surface area (Å²) in [5.74, 6) is -0.715. The quantitative estimate of drug-likeness (QED) is 0.764. The fourth-order valence-corrected chi connectivity index (χ4v) is 2.68. The number of carbonyl (C=O) groups excluding carboxylic acids is 1. The molecule has 0 radical (unpaired) electrons. The Kier molecular flexibility index (Phi) is 4.02. The molecular formula is C13H21NO3. The third-order valence-electron chi connectivity index (χ3n) is 3.78. The van der Waals surface area contributed by atoms with Crippen LogP contribution in [0.2, 0.25) is 0 Å². The van der Waals surface area contributed by atoms with E-state index < -0.39 is 5.97 Å². The lowest BCUT2D eigenvalue weighted by molar-refractivity contribution is -0.147. The van der Waals surface area contributed by atoms with Gasteiger partial charge >= 0.3 is 5.97 Å². The molecule has 1 amide bonds. The summed E-state index contributed by atoms with van der Waals surface area (Å²) in [5, 5.41) is 8.87. The molecule has 0 spiro atoms. The molecule has 0 aromatic rings. The summed E-state index contributed by atoms with van der Waals surface area (Å²) in [4.78, 5) is 24.7. The summed E-state index contributed by atoms with van der Waals surface area (Å²) in [6.45, 7) is -0.111. The second-order valence-electron chi connectivity index (χ2n) is 5.28. The highest BCUT2D eigenvalue weighted by molar-refractivity contribution is 5.83. The van der Waals surface area contributed by atoms with Crippen molar-refractivity contribution in [1.29, 1.82) is 0 Å². The monoisotopic (exact) mass is 239 g/mol. The van der Waals surface area contributed by atoms with Crippen molar-refractivity contribution in [1.82, 2.24) is 4.90 Å². The molecule has 17 heavy (non-hydrogen) atoms. The topological polar surface area (TPSA) is 57.6 Å². The van der Waals surface area contributed by atoms with Gasteiger partial charge in [0.1, 0.15) is 6.54 Å². The van der Waals surface area contributed by atoms with Crippen LogP contribution in [0.25, 0.3) is 0 Å². The molecule has 0 heterocycles. The Hall–Kier alpha value is -1.06. The molecule has 2 aliphatic rings. The van der Waals surface area contributed by atoms with Gasteiger partial charge in [-0.15, -0.1) is 0 Å². The number of carboxylic acids is 1. The van der Waals surface area contributed by atoms with Gasteiger partial charge in [-0.3, -0.25) is 9.59 Å². The molecule has 2 aliphatic carbocycles. The van der Waals surface area contributed by atoms with Crippen LogP contribution in [0.5, 0.6) is 0 Å². The van der Waals surface area contributed by atoms with E-state index in [9.17, 15) is 9.59 Å². The van der Waals surface area contributed by atoms with Gasteiger partial charge in [0.25, 0.3) is 0 Å². The highest BCUT2D eigenvalue weighted by atomic mass is 16.4. The normalized spacial score (nSPS) is 21.9. The van der Waals surface area contributed by atoms with Crippen LogP contribution < -0.4 is 0 Å². The summed E-state index contributed by atoms with van der Waals surface area (Å²) in [6.07, 6.45) is 8.50. The molecule has 2 rings (SSSR count). The number of carboxylic acid groups (broad SMARTS) is 1. The maximum absolute atomic E-state index is 12.3. The molecule has 1 N–H and O–H groups in total. The van der Waals surface area contributed by atoms with Crippen molar-refractivity contribution in [3.05, 3.63) is 0 Å². The van der Waals surface area contributed by atoms with Crippen molar-refractivity contribution >= 4 is 11.9 Å². The van der Waals surface area contributed by atoms with Crippen LogP contribution >= 0.6 is 0 Å². The minimum absolute atomic E-state index is 0.0810. The lowest BCUT2D eigenvalue weighted by Crippen LogP contribution is -2.41. The second kappa shape index (κ2) is 5.52. The molecule has 0 bridgehead atoms. The van der Waals surface area contributed by atoms with Crippen molar-refractivity contribution < 1.29 is 14.7 Å². The molecule has 96 valence electrons. The third kappa shape index (κ3) is 3.45. The summed E-state index contributed by atoms with van der Waals surface area (Å²) in [6, 6.07) is 0.210. The minimum atomic E-state index is -0.890. The maximum atomic E-state index is 12.3. The molecule has 0 aliphatic heterocycles. The van der Waals surface area contributed by atoms with Gasteiger partial charge in [0, 0.05) is 12.0 Å². The molecule has 4 heteroatoms. The lowest BCUT2D eigenvalue weighted by atomic mass is 9.98. The van der Waals surface area contributed by atoms with Crippen LogP contribution in [0.3, 0.4) is 0 Å². The Labute approximate surface area is 102 Å². The Morgan fingerprint density at radius 1 is 1.00 bits per heavy atom. The van der Waals surface area contributed by atoms with Crippen LogP contribution in [0, 0.1) is 5.92 Å². The largest absolute Gasteiger partial charge is 0.480 e. The Morgan fingerprint density at radius 2 is 1.59 bits per heavy atom. The summed E-state index contributed by atoms with van der Waals surface area (Å²) < 4.78 is 0. The van der Waals surface area contributed by atoms with Crippen LogP contribution in [-0.4, -0.2) is 34.5 Å². The zero-order valence-electron chi connectivity index (χ0n) is 10.2. The molecule has 4 nitrogen and oxygen atoms in total. The van der Waals surface area contributed by atoms with E-state index in [4.69, 9.17) is 5.11 Å². The lowest BCUT2D eigenvalue weighted by Gasteiger charge is -2.25. The SMILES string of the molecule is O=C(O)CN(C(=O)C1CCCCCC1)C1CC1. The summed E-state index contributed by atoms with van der Waals surface area (Å²) in [5.41, 5.74) is 0. The molecular weight excluding hydrogens is 218 g/mol. The van der Waals surface area contributed by atoms with Crippen molar-refractivity contribution in [2.45, 2.75) is 57.4 Å². The zero-order valence-corrected chi connectivity index (χ0v) is 10.2. The van der Waals surface area contributed by atoms with Crippen LogP contribution in [0.4, 0.5) is 0 Å². The maximum Gasteiger partial charge on any atom is 0.323 e. The predicted octanol–water partition coefficient (Wildman–Crippen LogP) is 2.03. The first-order chi connectivity index (χ1) is 8.18. The van der Waals surface area contributed by atoms with Gasteiger partial charge in [-0.2, -0.15) is 0 Å². The van der Waals surface area contributed by atoms with Gasteiger partial charge in [-0.25, -0.2) is 0 Å². The molecule has 0 aromatic heterocycles. The fourth-order valence-electron chi connectivity index (χ4n) is 2.68. The molecule has 2 saturated carbocycles. The van der Waals surface area contributed by atoms with Crippen molar-refractivity contribution in [2.24, 2.45) is 5.92 Å². The standard InChI is InChI=1S/C13H21NO3/c15-12(16)9-14(11-7-8-11)13(17)10-5-3-1-2-4-6-10/h10-11H,1-9H2,(H,15,16). The molecule has 0 aromatic carbocycles. The first kappa shape index (κ1) is 12.4. The number of rotatable bonds is 4. The van der Waals surface area contributed by atoms with E-state index in [0.717, 1.165) is 38.5 Å². The highest BCUT2D eigenvalue weighted by Gasteiger charge is 2.36. The molecule has 2 fully saturated rings. The third-order valence-corrected chi connectivity index (χ3v) is 3.78. The second-order valence-corrected chi connectivity index (χ2v) is 5.28. The number of carbonyl (C=O) groups is 2. The number of amides is 1. The minimum Gasteiger partial charge on any atom is -0.480 e. The van der Waals surface area contributed by atoms with E-state index in [1.54, 1.807) is 4.90 Å². The Balaban J connectivity index is 1.96. The predicted molar refractivity (Wildman–Crippen MR) is 63.6 cm³/mol. The van der Waals surface area contributed by atoms with Crippen LogP contribution in [0.15, 0.2) is 0 Å². The van der Waals surface area contributed by atoms with Crippen molar-refractivity contribution in [3.8, 4) is 0 Å². The average molecular weight is 239 g/mol. The van der Waals surface area contributed by atoms with Gasteiger partial charge in [0.2, 0.25) is 5.91 Å². The zero-order chi connectivity index (χ0) is 12.3. The number of hydrogen-bond acceptors (Lipinski definition) is 2. The van der Waals surface area contributed by atoms with Crippen molar-refractivity contribution in [3.63, 3.8) is 0 Å². The summed E-state index contributed by atoms with van der Waals surface area (Å²) in [7, 11) is 0. The average Bonchev–Trinajstić information content (AvgIpc) is 3.10. The smallest absolute Gasteiger partial charge is 0.323 e. The Morgan fingerprint density at radius 3 is 2.06 bits per heavy atom. The van der Waals surface area contributed by atoms with Crippen LogP contribution in [0.1, 0.15) is 51.4 Å². The van der Waals surface area contributed by atoms with E-state index in [-0.39, 0.29) is 24.4 Å². The van der Waals surface area contributed by atoms with E-state index >= 15 is 0 Å². The van der Waals surface area contributed by atoms with E-state index in [0.29, 0.717) is 0 Å². The first-order valence-corrected chi connectivity index (χ1v) is 6.71. The van der Waals surface area contributed by atoms with E-state index in [1.807, 2.05) is 0 Å². The van der Waals surface area contributed by atoms with Gasteiger partial charge in [0.05, 0.1) is 0 Å². The number of nitrogens with zero attached hydrogens (tertiary/aromatic N) is 1.